The molecule has 0 aliphatic heterocycles. The smallest absolute Gasteiger partial charge is 0.293 e. The highest BCUT2D eigenvalue weighted by Crippen LogP contribution is 2.31. The van der Waals surface area contributed by atoms with Crippen LogP contribution in [0.15, 0.2) is 48.0 Å². The van der Waals surface area contributed by atoms with Crippen LogP contribution in [0, 0.1) is 10.1 Å². The molecule has 0 atom stereocenters. The summed E-state index contributed by atoms with van der Waals surface area (Å²) in [6.07, 6.45) is 3.23. The van der Waals surface area contributed by atoms with Gasteiger partial charge in [0, 0.05) is 31.3 Å². The summed E-state index contributed by atoms with van der Waals surface area (Å²) >= 11 is 0. The molecule has 0 saturated carbocycles. The molecule has 0 fully saturated rings. The van der Waals surface area contributed by atoms with E-state index < -0.39 is 4.92 Å². The van der Waals surface area contributed by atoms with Gasteiger partial charge in [-0.1, -0.05) is 30.3 Å². The molecule has 0 bridgehead atoms. The highest BCUT2D eigenvalue weighted by atomic mass is 16.6. The SMILES string of the molecule is CN(C)c1ccc(/C=C2\CCc3ccccc3C2=O)cc1[N+](=O)[O-]. The van der Waals surface area contributed by atoms with Gasteiger partial charge in [0.15, 0.2) is 5.78 Å². The molecule has 0 N–H and O–H groups in total. The van der Waals surface area contributed by atoms with E-state index in [0.717, 1.165) is 17.5 Å². The molecule has 5 heteroatoms. The van der Waals surface area contributed by atoms with Gasteiger partial charge in [-0.15, -0.1) is 0 Å². The fourth-order valence-corrected chi connectivity index (χ4v) is 3.01. The summed E-state index contributed by atoms with van der Waals surface area (Å²) in [6.45, 7) is 0. The number of fused-ring (bicyclic) bond motifs is 1. The fourth-order valence-electron chi connectivity index (χ4n) is 3.01. The van der Waals surface area contributed by atoms with E-state index in [4.69, 9.17) is 0 Å². The van der Waals surface area contributed by atoms with E-state index in [0.29, 0.717) is 23.2 Å². The zero-order chi connectivity index (χ0) is 17.3. The Morgan fingerprint density at radius 2 is 1.88 bits per heavy atom. The van der Waals surface area contributed by atoms with E-state index in [9.17, 15) is 14.9 Å². The van der Waals surface area contributed by atoms with Gasteiger partial charge < -0.3 is 4.90 Å². The van der Waals surface area contributed by atoms with E-state index in [2.05, 4.69) is 0 Å². The minimum atomic E-state index is -0.394. The van der Waals surface area contributed by atoms with Crippen LogP contribution in [0.3, 0.4) is 0 Å². The maximum absolute atomic E-state index is 12.6. The van der Waals surface area contributed by atoms with Gasteiger partial charge in [-0.25, -0.2) is 0 Å². The van der Waals surface area contributed by atoms with E-state index in [1.165, 1.54) is 6.07 Å². The van der Waals surface area contributed by atoms with Gasteiger partial charge in [-0.2, -0.15) is 0 Å². The second-order valence-electron chi connectivity index (χ2n) is 6.06. The number of aryl methyl sites for hydroxylation is 1. The van der Waals surface area contributed by atoms with Crippen molar-refractivity contribution in [2.24, 2.45) is 0 Å². The average Bonchev–Trinajstić information content (AvgIpc) is 2.57. The zero-order valence-corrected chi connectivity index (χ0v) is 13.7. The van der Waals surface area contributed by atoms with Crippen LogP contribution in [0.5, 0.6) is 0 Å². The first-order chi connectivity index (χ1) is 11.5. The first kappa shape index (κ1) is 15.9. The van der Waals surface area contributed by atoms with E-state index in [1.54, 1.807) is 31.1 Å². The normalized spacial score (nSPS) is 15.2. The number of Topliss-reactive ketones (excluding diaryl/α,β-unsaturated/α-hetero) is 1. The number of hydrogen-bond donors (Lipinski definition) is 0. The highest BCUT2D eigenvalue weighted by Gasteiger charge is 2.22. The summed E-state index contributed by atoms with van der Waals surface area (Å²) in [4.78, 5) is 25.2. The van der Waals surface area contributed by atoms with Crippen LogP contribution in [0.1, 0.15) is 27.9 Å². The van der Waals surface area contributed by atoms with Crippen LogP contribution < -0.4 is 4.90 Å². The van der Waals surface area contributed by atoms with Gasteiger partial charge in [0.1, 0.15) is 5.69 Å². The van der Waals surface area contributed by atoms with Crippen LogP contribution in [0.2, 0.25) is 0 Å². The summed E-state index contributed by atoms with van der Waals surface area (Å²) in [5.74, 6) is 0.0104. The molecule has 24 heavy (non-hydrogen) atoms. The molecule has 2 aromatic carbocycles. The Morgan fingerprint density at radius 1 is 1.12 bits per heavy atom. The standard InChI is InChI=1S/C19H18N2O3/c1-20(2)17-10-7-13(12-18(17)21(23)24)11-15-9-8-14-5-3-4-6-16(14)19(15)22/h3-7,10-12H,8-9H2,1-2H3/b15-11+. The topological polar surface area (TPSA) is 63.5 Å². The number of ketones is 1. The number of carbonyl (C=O) groups excluding carboxylic acids is 1. The molecule has 1 aliphatic carbocycles. The summed E-state index contributed by atoms with van der Waals surface area (Å²) < 4.78 is 0. The number of nitrogens with zero attached hydrogens (tertiary/aromatic N) is 2. The minimum Gasteiger partial charge on any atom is -0.372 e. The largest absolute Gasteiger partial charge is 0.372 e. The van der Waals surface area contributed by atoms with Gasteiger partial charge >= 0.3 is 0 Å². The number of hydrogen-bond acceptors (Lipinski definition) is 4. The van der Waals surface area contributed by atoms with E-state index in [-0.39, 0.29) is 11.5 Å². The van der Waals surface area contributed by atoms with Crippen molar-refractivity contribution in [2.45, 2.75) is 12.8 Å². The molecular weight excluding hydrogens is 304 g/mol. The number of carbonyl (C=O) groups is 1. The molecule has 0 saturated heterocycles. The third kappa shape index (κ3) is 2.93. The maximum atomic E-state index is 12.6. The van der Waals surface area contributed by atoms with Crippen LogP contribution in [0.4, 0.5) is 11.4 Å². The van der Waals surface area contributed by atoms with E-state index in [1.807, 2.05) is 30.3 Å². The van der Waals surface area contributed by atoms with Crippen molar-refractivity contribution in [2.75, 3.05) is 19.0 Å². The summed E-state index contributed by atoms with van der Waals surface area (Å²) in [6, 6.07) is 12.6. The van der Waals surface area contributed by atoms with Crippen LogP contribution >= 0.6 is 0 Å². The van der Waals surface area contributed by atoms with Gasteiger partial charge in [0.25, 0.3) is 5.69 Å². The quantitative estimate of drug-likeness (QED) is 0.489. The molecule has 0 unspecified atom stereocenters. The number of anilines is 1. The van der Waals surface area contributed by atoms with Crippen molar-refractivity contribution in [3.63, 3.8) is 0 Å². The summed E-state index contributed by atoms with van der Waals surface area (Å²) in [5, 5.41) is 11.3. The second-order valence-corrected chi connectivity index (χ2v) is 6.06. The Bertz CT molecular complexity index is 853. The lowest BCUT2D eigenvalue weighted by Crippen LogP contribution is -2.14. The molecule has 3 rings (SSSR count). The highest BCUT2D eigenvalue weighted by molar-refractivity contribution is 6.13. The van der Waals surface area contributed by atoms with Crippen molar-refractivity contribution in [1.29, 1.82) is 0 Å². The van der Waals surface area contributed by atoms with Crippen LogP contribution in [-0.2, 0) is 6.42 Å². The molecule has 0 aromatic heterocycles. The molecule has 2 aromatic rings. The second kappa shape index (κ2) is 6.28. The van der Waals surface area contributed by atoms with Gasteiger partial charge in [-0.3, -0.25) is 14.9 Å². The Kier molecular flexibility index (Phi) is 4.16. The Labute approximate surface area is 140 Å². The van der Waals surface area contributed by atoms with Crippen LogP contribution in [-0.4, -0.2) is 24.8 Å². The summed E-state index contributed by atoms with van der Waals surface area (Å²) in [5.41, 5.74) is 3.75. The predicted molar refractivity (Wildman–Crippen MR) is 94.5 cm³/mol. The molecule has 5 nitrogen and oxygen atoms in total. The van der Waals surface area contributed by atoms with E-state index >= 15 is 0 Å². The zero-order valence-electron chi connectivity index (χ0n) is 13.7. The van der Waals surface area contributed by atoms with Gasteiger partial charge in [-0.05, 0) is 36.1 Å². The maximum Gasteiger partial charge on any atom is 0.293 e. The average molecular weight is 322 g/mol. The number of nitro groups is 1. The van der Waals surface area contributed by atoms with Crippen LogP contribution in [0.25, 0.3) is 6.08 Å². The number of benzene rings is 2. The van der Waals surface area contributed by atoms with Gasteiger partial charge in [0.05, 0.1) is 4.92 Å². The third-order valence-corrected chi connectivity index (χ3v) is 4.24. The molecule has 0 heterocycles. The minimum absolute atomic E-state index is 0.0104. The number of nitro benzene ring substituents is 1. The molecule has 0 spiro atoms. The molecule has 0 amide bonds. The summed E-state index contributed by atoms with van der Waals surface area (Å²) in [7, 11) is 3.53. The molecule has 122 valence electrons. The first-order valence-electron chi connectivity index (χ1n) is 7.76. The molecule has 0 radical (unpaired) electrons. The van der Waals surface area contributed by atoms with Crippen molar-refractivity contribution in [3.05, 3.63) is 74.8 Å². The van der Waals surface area contributed by atoms with Crippen molar-refractivity contribution in [3.8, 4) is 0 Å². The Hall–Kier alpha value is -2.95. The number of rotatable bonds is 3. The lowest BCUT2D eigenvalue weighted by Gasteiger charge is -2.17. The van der Waals surface area contributed by atoms with Gasteiger partial charge in [0.2, 0.25) is 0 Å². The molecule has 1 aliphatic rings. The Balaban J connectivity index is 1.99. The fraction of sp³-hybridized carbons (Fsp3) is 0.211. The predicted octanol–water partition coefficient (Wildman–Crippen LogP) is 3.87. The van der Waals surface area contributed by atoms with Crippen molar-refractivity contribution in [1.82, 2.24) is 0 Å². The monoisotopic (exact) mass is 322 g/mol. The first-order valence-corrected chi connectivity index (χ1v) is 7.76. The lowest BCUT2D eigenvalue weighted by molar-refractivity contribution is -0.384. The van der Waals surface area contributed by atoms with Crippen molar-refractivity contribution >= 4 is 23.2 Å². The number of allylic oxidation sites excluding steroid dienone is 1. The van der Waals surface area contributed by atoms with Crippen molar-refractivity contribution < 1.29 is 9.72 Å². The lowest BCUT2D eigenvalue weighted by atomic mass is 9.86. The molecular formula is C19H18N2O3. The third-order valence-electron chi connectivity index (χ3n) is 4.24. The Morgan fingerprint density at radius 3 is 2.58 bits per heavy atom.